The number of hydrogen-bond donors (Lipinski definition) is 1. The minimum Gasteiger partial charge on any atom is -0.426 e. The second-order valence-corrected chi connectivity index (χ2v) is 7.26. The van der Waals surface area contributed by atoms with Crippen molar-refractivity contribution in [3.05, 3.63) is 65.7 Å². The molecule has 1 saturated heterocycles. The number of piperidine rings is 1. The standard InChI is InChI=1S/C23H26N2O4.ClH/c1-16(26)22(17-7-3-2-4-8-17)20-9-5-6-14-25(20)23(28)18-10-12-19(13-11-18)29-21(27)15-24;/h2-4,7-8,10-13,20,22H,5-6,9,14-15,24H2,1H3;1H. The smallest absolute Gasteiger partial charge is 0.325 e. The predicted octanol–water partition coefficient (Wildman–Crippen LogP) is 3.34. The van der Waals surface area contributed by atoms with Crippen molar-refractivity contribution in [1.29, 1.82) is 0 Å². The number of benzene rings is 2. The highest BCUT2D eigenvalue weighted by atomic mass is 35.5. The number of likely N-dealkylation sites (tertiary alicyclic amines) is 1. The molecular weight excluding hydrogens is 404 g/mol. The first-order chi connectivity index (χ1) is 14.0. The summed E-state index contributed by atoms with van der Waals surface area (Å²) in [7, 11) is 0. The number of nitrogens with zero attached hydrogens (tertiary/aromatic N) is 1. The Balaban J connectivity index is 0.00000320. The number of Topliss-reactive ketones (excluding diaryl/α,β-unsaturated/α-hetero) is 1. The van der Waals surface area contributed by atoms with Crippen molar-refractivity contribution in [1.82, 2.24) is 4.90 Å². The van der Waals surface area contributed by atoms with Crippen LogP contribution in [0, 0.1) is 0 Å². The zero-order chi connectivity index (χ0) is 20.8. The van der Waals surface area contributed by atoms with Crippen LogP contribution < -0.4 is 10.5 Å². The molecule has 2 aromatic carbocycles. The third-order valence-electron chi connectivity index (χ3n) is 5.29. The quantitative estimate of drug-likeness (QED) is 0.560. The van der Waals surface area contributed by atoms with Gasteiger partial charge in [-0.2, -0.15) is 0 Å². The molecule has 7 heteroatoms. The topological polar surface area (TPSA) is 89.7 Å². The molecule has 6 nitrogen and oxygen atoms in total. The van der Waals surface area contributed by atoms with Gasteiger partial charge in [-0.05, 0) is 56.0 Å². The van der Waals surface area contributed by atoms with E-state index < -0.39 is 5.97 Å². The number of ketones is 1. The maximum atomic E-state index is 13.2. The molecule has 3 rings (SSSR count). The highest BCUT2D eigenvalue weighted by molar-refractivity contribution is 5.95. The van der Waals surface area contributed by atoms with Crippen LogP contribution in [-0.2, 0) is 9.59 Å². The highest BCUT2D eigenvalue weighted by Crippen LogP contribution is 2.32. The van der Waals surface area contributed by atoms with Crippen molar-refractivity contribution in [2.75, 3.05) is 13.1 Å². The number of carbonyl (C=O) groups is 3. The van der Waals surface area contributed by atoms with Crippen molar-refractivity contribution < 1.29 is 19.1 Å². The molecule has 1 amide bonds. The number of carbonyl (C=O) groups excluding carboxylic acids is 3. The van der Waals surface area contributed by atoms with Crippen LogP contribution in [-0.4, -0.2) is 41.7 Å². The number of hydrogen-bond acceptors (Lipinski definition) is 5. The van der Waals surface area contributed by atoms with E-state index in [1.165, 1.54) is 0 Å². The first kappa shape index (κ1) is 23.6. The molecule has 1 aliphatic heterocycles. The largest absolute Gasteiger partial charge is 0.426 e. The Hall–Kier alpha value is -2.70. The second kappa shape index (κ2) is 10.9. The summed E-state index contributed by atoms with van der Waals surface area (Å²) in [6, 6.07) is 15.9. The number of halogens is 1. The molecule has 2 atom stereocenters. The minimum absolute atomic E-state index is 0. The van der Waals surface area contributed by atoms with Crippen LogP contribution in [0.15, 0.2) is 54.6 Å². The molecule has 2 aromatic rings. The van der Waals surface area contributed by atoms with Crippen molar-refractivity contribution in [3.8, 4) is 5.75 Å². The van der Waals surface area contributed by atoms with Gasteiger partial charge in [0.2, 0.25) is 0 Å². The Labute approximate surface area is 182 Å². The Bertz CT molecular complexity index is 871. The minimum atomic E-state index is -0.535. The fourth-order valence-electron chi connectivity index (χ4n) is 3.95. The van der Waals surface area contributed by atoms with Crippen LogP contribution in [0.5, 0.6) is 5.75 Å². The predicted molar refractivity (Wildman–Crippen MR) is 117 cm³/mol. The summed E-state index contributed by atoms with van der Waals surface area (Å²) < 4.78 is 5.06. The fraction of sp³-hybridized carbons (Fsp3) is 0.348. The summed E-state index contributed by atoms with van der Waals surface area (Å²) in [5.74, 6) is -0.589. The zero-order valence-electron chi connectivity index (χ0n) is 17.0. The van der Waals surface area contributed by atoms with Crippen molar-refractivity contribution in [2.45, 2.75) is 38.1 Å². The number of nitrogens with two attached hydrogens (primary N) is 1. The molecule has 160 valence electrons. The maximum Gasteiger partial charge on any atom is 0.325 e. The van der Waals surface area contributed by atoms with E-state index >= 15 is 0 Å². The van der Waals surface area contributed by atoms with Crippen LogP contribution in [0.25, 0.3) is 0 Å². The van der Waals surface area contributed by atoms with E-state index in [1.54, 1.807) is 31.2 Å². The molecule has 0 spiro atoms. The lowest BCUT2D eigenvalue weighted by atomic mass is 9.82. The Morgan fingerprint density at radius 3 is 2.33 bits per heavy atom. The lowest BCUT2D eigenvalue weighted by molar-refractivity contribution is -0.132. The molecule has 0 aromatic heterocycles. The van der Waals surface area contributed by atoms with Gasteiger partial charge in [-0.15, -0.1) is 12.4 Å². The lowest BCUT2D eigenvalue weighted by Gasteiger charge is -2.40. The third-order valence-corrected chi connectivity index (χ3v) is 5.29. The molecule has 2 unspecified atom stereocenters. The monoisotopic (exact) mass is 430 g/mol. The normalized spacial score (nSPS) is 16.9. The van der Waals surface area contributed by atoms with Gasteiger partial charge >= 0.3 is 5.97 Å². The van der Waals surface area contributed by atoms with Crippen molar-refractivity contribution >= 4 is 30.1 Å². The number of rotatable bonds is 6. The number of amides is 1. The van der Waals surface area contributed by atoms with Gasteiger partial charge in [0, 0.05) is 18.2 Å². The number of esters is 1. The van der Waals surface area contributed by atoms with Gasteiger partial charge in [-0.1, -0.05) is 30.3 Å². The van der Waals surface area contributed by atoms with Crippen molar-refractivity contribution in [3.63, 3.8) is 0 Å². The lowest BCUT2D eigenvalue weighted by Crippen LogP contribution is -2.48. The van der Waals surface area contributed by atoms with Gasteiger partial charge in [-0.3, -0.25) is 14.4 Å². The summed E-state index contributed by atoms with van der Waals surface area (Å²) in [4.78, 5) is 38.9. The SMILES string of the molecule is CC(=O)C(c1ccccc1)C1CCCCN1C(=O)c1ccc(OC(=O)CN)cc1.Cl. The summed E-state index contributed by atoms with van der Waals surface area (Å²) in [6.45, 7) is 2.00. The van der Waals surface area contributed by atoms with Crippen molar-refractivity contribution in [2.24, 2.45) is 5.73 Å². The van der Waals surface area contributed by atoms with E-state index in [9.17, 15) is 14.4 Å². The van der Waals surface area contributed by atoms with Crippen LogP contribution in [0.4, 0.5) is 0 Å². The average molecular weight is 431 g/mol. The Morgan fingerprint density at radius 1 is 1.07 bits per heavy atom. The summed E-state index contributed by atoms with van der Waals surface area (Å²) in [6.07, 6.45) is 2.68. The first-order valence-electron chi connectivity index (χ1n) is 9.88. The first-order valence-corrected chi connectivity index (χ1v) is 9.88. The molecule has 1 aliphatic rings. The summed E-state index contributed by atoms with van der Waals surface area (Å²) in [5, 5.41) is 0. The molecular formula is C23H27ClN2O4. The summed E-state index contributed by atoms with van der Waals surface area (Å²) in [5.41, 5.74) is 6.69. The summed E-state index contributed by atoms with van der Waals surface area (Å²) >= 11 is 0. The molecule has 0 saturated carbocycles. The van der Waals surface area contributed by atoms with Crippen LogP contribution >= 0.6 is 12.4 Å². The Morgan fingerprint density at radius 2 is 1.73 bits per heavy atom. The van der Waals surface area contributed by atoms with E-state index in [2.05, 4.69) is 0 Å². The number of ether oxygens (including phenoxy) is 1. The van der Waals surface area contributed by atoms with Gasteiger partial charge in [-0.25, -0.2) is 0 Å². The van der Waals surface area contributed by atoms with Crippen LogP contribution in [0.1, 0.15) is 48.0 Å². The molecule has 2 N–H and O–H groups in total. The van der Waals surface area contributed by atoms with Crippen LogP contribution in [0.2, 0.25) is 0 Å². The van der Waals surface area contributed by atoms with Gasteiger partial charge in [0.25, 0.3) is 5.91 Å². The maximum absolute atomic E-state index is 13.2. The van der Waals surface area contributed by atoms with Gasteiger partial charge < -0.3 is 15.4 Å². The van der Waals surface area contributed by atoms with Crippen LogP contribution in [0.3, 0.4) is 0 Å². The molecule has 0 radical (unpaired) electrons. The van der Waals surface area contributed by atoms with E-state index in [0.29, 0.717) is 17.9 Å². The Kier molecular flexibility index (Phi) is 8.57. The molecule has 0 aliphatic carbocycles. The van der Waals surface area contributed by atoms with Gasteiger partial charge in [0.05, 0.1) is 12.5 Å². The molecule has 1 heterocycles. The van der Waals surface area contributed by atoms with E-state index in [4.69, 9.17) is 10.5 Å². The van der Waals surface area contributed by atoms with E-state index in [1.807, 2.05) is 35.2 Å². The zero-order valence-corrected chi connectivity index (χ0v) is 17.8. The fourth-order valence-corrected chi connectivity index (χ4v) is 3.95. The van der Waals surface area contributed by atoms with E-state index in [0.717, 1.165) is 24.8 Å². The average Bonchev–Trinajstić information content (AvgIpc) is 2.75. The van der Waals surface area contributed by atoms with E-state index in [-0.39, 0.29) is 42.6 Å². The molecule has 30 heavy (non-hydrogen) atoms. The molecule has 1 fully saturated rings. The second-order valence-electron chi connectivity index (χ2n) is 7.26. The van der Waals surface area contributed by atoms with Gasteiger partial charge in [0.15, 0.2) is 0 Å². The molecule has 0 bridgehead atoms. The van der Waals surface area contributed by atoms with Gasteiger partial charge in [0.1, 0.15) is 11.5 Å². The highest BCUT2D eigenvalue weighted by Gasteiger charge is 2.36. The third kappa shape index (κ3) is 5.46.